The Morgan fingerprint density at radius 2 is 1.95 bits per heavy atom. The molecule has 3 heterocycles. The molecule has 0 bridgehead atoms. The molecule has 0 fully saturated rings. The third-order valence-corrected chi connectivity index (χ3v) is 3.07. The highest BCUT2D eigenvalue weighted by atomic mass is 16.2. The molecule has 3 aromatic heterocycles. The molecule has 0 aliphatic heterocycles. The number of nitrogens with zero attached hydrogens (tertiary/aromatic N) is 3. The number of nitrogens with one attached hydrogen (secondary N) is 3. The Labute approximate surface area is 110 Å². The normalized spacial score (nSPS) is 11.4. The Bertz CT molecular complexity index is 1020. The molecule has 0 aliphatic rings. The molecule has 0 spiro atoms. The summed E-state index contributed by atoms with van der Waals surface area (Å²) in [4.78, 5) is 40.6. The molecule has 4 aromatic rings. The van der Waals surface area contributed by atoms with E-state index < -0.39 is 11.2 Å². The molecule has 0 aliphatic carbocycles. The summed E-state index contributed by atoms with van der Waals surface area (Å²) in [5, 5.41) is 0. The minimum absolute atomic E-state index is 0.175. The third-order valence-electron chi connectivity index (χ3n) is 3.07. The first kappa shape index (κ1) is 10.7. The number of imidazole rings is 2. The van der Waals surface area contributed by atoms with Gasteiger partial charge in [0.2, 0.25) is 5.95 Å². The number of hydrogen-bond acceptors (Lipinski definition) is 4. The lowest BCUT2D eigenvalue weighted by molar-refractivity contribution is 0.847. The minimum Gasteiger partial charge on any atom is -0.339 e. The highest BCUT2D eigenvalue weighted by Crippen LogP contribution is 2.11. The van der Waals surface area contributed by atoms with Crippen molar-refractivity contribution >= 4 is 22.2 Å². The van der Waals surface area contributed by atoms with Crippen LogP contribution < -0.4 is 11.2 Å². The van der Waals surface area contributed by atoms with Crippen molar-refractivity contribution in [1.82, 2.24) is 29.5 Å². The summed E-state index contributed by atoms with van der Waals surface area (Å²) in [5.74, 6) is 0.175. The van der Waals surface area contributed by atoms with Crippen molar-refractivity contribution < 1.29 is 0 Å². The fourth-order valence-electron chi connectivity index (χ4n) is 2.15. The summed E-state index contributed by atoms with van der Waals surface area (Å²) in [6, 6.07) is 7.29. The minimum atomic E-state index is -0.589. The van der Waals surface area contributed by atoms with Gasteiger partial charge in [-0.25, -0.2) is 14.8 Å². The van der Waals surface area contributed by atoms with Crippen molar-refractivity contribution in [2.24, 2.45) is 0 Å². The van der Waals surface area contributed by atoms with Gasteiger partial charge >= 0.3 is 5.69 Å². The summed E-state index contributed by atoms with van der Waals surface area (Å²) >= 11 is 0. The summed E-state index contributed by atoms with van der Waals surface area (Å²) in [5.41, 5.74) is 0.795. The van der Waals surface area contributed by atoms with E-state index in [2.05, 4.69) is 24.9 Å². The van der Waals surface area contributed by atoms with Gasteiger partial charge in [-0.15, -0.1) is 0 Å². The molecular weight excluding hydrogens is 260 g/mol. The molecule has 8 nitrogen and oxygen atoms in total. The Balaban J connectivity index is 2.11. The van der Waals surface area contributed by atoms with Gasteiger partial charge in [0.1, 0.15) is 5.52 Å². The zero-order chi connectivity index (χ0) is 13.7. The first-order chi connectivity index (χ1) is 9.74. The lowest BCUT2D eigenvalue weighted by Gasteiger charge is -1.98. The van der Waals surface area contributed by atoms with Gasteiger partial charge in [-0.1, -0.05) is 12.1 Å². The van der Waals surface area contributed by atoms with Crippen molar-refractivity contribution in [3.8, 4) is 5.95 Å². The van der Waals surface area contributed by atoms with Crippen LogP contribution in [-0.2, 0) is 0 Å². The number of benzene rings is 1. The molecule has 98 valence electrons. The lowest BCUT2D eigenvalue weighted by atomic mass is 10.3. The molecule has 0 amide bonds. The molecule has 0 saturated heterocycles. The second kappa shape index (κ2) is 3.67. The molecule has 4 rings (SSSR count). The zero-order valence-corrected chi connectivity index (χ0v) is 10.0. The number of aromatic amines is 3. The molecule has 0 saturated carbocycles. The fourth-order valence-corrected chi connectivity index (χ4v) is 2.15. The van der Waals surface area contributed by atoms with Crippen molar-refractivity contribution in [2.75, 3.05) is 0 Å². The van der Waals surface area contributed by atoms with Crippen LogP contribution in [0.15, 0.2) is 40.2 Å². The molecule has 0 unspecified atom stereocenters. The number of aromatic nitrogens is 6. The highest BCUT2D eigenvalue weighted by Gasteiger charge is 2.13. The van der Waals surface area contributed by atoms with E-state index in [1.807, 2.05) is 18.2 Å². The topological polar surface area (TPSA) is 112 Å². The Kier molecular flexibility index (Phi) is 1.97. The number of H-pyrrole nitrogens is 3. The van der Waals surface area contributed by atoms with Crippen LogP contribution in [0.4, 0.5) is 0 Å². The van der Waals surface area contributed by atoms with Crippen LogP contribution in [0.25, 0.3) is 28.1 Å². The van der Waals surface area contributed by atoms with Gasteiger partial charge in [-0.05, 0) is 12.1 Å². The number of hydrogen-bond donors (Lipinski definition) is 3. The number of para-hydroxylation sites is 2. The molecule has 20 heavy (non-hydrogen) atoms. The van der Waals surface area contributed by atoms with Gasteiger partial charge in [-0.3, -0.25) is 9.78 Å². The smallest absolute Gasteiger partial charge is 0.337 e. The first-order valence-corrected chi connectivity index (χ1v) is 5.87. The molecule has 8 heteroatoms. The van der Waals surface area contributed by atoms with Crippen LogP contribution in [0.5, 0.6) is 0 Å². The fraction of sp³-hybridized carbons (Fsp3) is 0. The van der Waals surface area contributed by atoms with E-state index in [1.54, 1.807) is 6.07 Å². The predicted molar refractivity (Wildman–Crippen MR) is 72.0 cm³/mol. The third kappa shape index (κ3) is 1.35. The average Bonchev–Trinajstić information content (AvgIpc) is 3.04. The predicted octanol–water partition coefficient (Wildman–Crippen LogP) is 0.278. The maximum Gasteiger partial charge on any atom is 0.337 e. The molecular formula is C12H8N6O2. The van der Waals surface area contributed by atoms with Gasteiger partial charge in [0, 0.05) is 0 Å². The van der Waals surface area contributed by atoms with Gasteiger partial charge in [0.15, 0.2) is 5.65 Å². The maximum absolute atomic E-state index is 12.3. The van der Waals surface area contributed by atoms with Crippen molar-refractivity contribution in [2.45, 2.75) is 0 Å². The quantitative estimate of drug-likeness (QED) is 0.460. The SMILES string of the molecule is O=c1[nH]c2nc[nH]c2c(=O)n1-c1nc2ccccc2[nH]1. The van der Waals surface area contributed by atoms with Crippen LogP contribution in [-0.4, -0.2) is 29.5 Å². The number of fused-ring (bicyclic) bond motifs is 2. The van der Waals surface area contributed by atoms with Crippen molar-refractivity contribution in [3.63, 3.8) is 0 Å². The molecule has 0 radical (unpaired) electrons. The monoisotopic (exact) mass is 268 g/mol. The van der Waals surface area contributed by atoms with Gasteiger partial charge in [0.25, 0.3) is 5.56 Å². The van der Waals surface area contributed by atoms with Gasteiger partial charge < -0.3 is 9.97 Å². The largest absolute Gasteiger partial charge is 0.339 e. The van der Waals surface area contributed by atoms with Gasteiger partial charge in [0.05, 0.1) is 17.4 Å². The molecule has 0 atom stereocenters. The van der Waals surface area contributed by atoms with Crippen molar-refractivity contribution in [1.29, 1.82) is 0 Å². The van der Waals surface area contributed by atoms with Crippen molar-refractivity contribution in [3.05, 3.63) is 51.4 Å². The van der Waals surface area contributed by atoms with E-state index in [0.29, 0.717) is 5.52 Å². The number of rotatable bonds is 1. The van der Waals surface area contributed by atoms with E-state index >= 15 is 0 Å². The molecule has 1 aromatic carbocycles. The van der Waals surface area contributed by atoms with Crippen LogP contribution in [0.1, 0.15) is 0 Å². The lowest BCUT2D eigenvalue weighted by Crippen LogP contribution is -2.34. The Hall–Kier alpha value is -3.16. The summed E-state index contributed by atoms with van der Waals surface area (Å²) in [6.45, 7) is 0. The van der Waals surface area contributed by atoms with E-state index in [0.717, 1.165) is 10.1 Å². The second-order valence-corrected chi connectivity index (χ2v) is 4.27. The van der Waals surface area contributed by atoms with Crippen LogP contribution in [0.2, 0.25) is 0 Å². The molecule has 3 N–H and O–H groups in total. The van der Waals surface area contributed by atoms with Crippen LogP contribution >= 0.6 is 0 Å². The summed E-state index contributed by atoms with van der Waals surface area (Å²) in [6.07, 6.45) is 1.35. The standard InChI is InChI=1S/C12H8N6O2/c19-10-8-9(14-5-13-8)17-12(20)18(10)11-15-6-3-1-2-4-7(6)16-11/h1-5H,(H,13,14)(H,15,16)(H,17,20). The summed E-state index contributed by atoms with van der Waals surface area (Å²) < 4.78 is 0.945. The Morgan fingerprint density at radius 1 is 1.10 bits per heavy atom. The van der Waals surface area contributed by atoms with Gasteiger partial charge in [-0.2, -0.15) is 4.57 Å². The van der Waals surface area contributed by atoms with E-state index in [4.69, 9.17) is 0 Å². The average molecular weight is 268 g/mol. The Morgan fingerprint density at radius 3 is 2.80 bits per heavy atom. The highest BCUT2D eigenvalue weighted by molar-refractivity contribution is 5.76. The maximum atomic E-state index is 12.3. The van der Waals surface area contributed by atoms with E-state index in [-0.39, 0.29) is 17.1 Å². The van der Waals surface area contributed by atoms with E-state index in [1.165, 1.54) is 6.33 Å². The first-order valence-electron chi connectivity index (χ1n) is 5.87. The summed E-state index contributed by atoms with van der Waals surface area (Å²) in [7, 11) is 0. The zero-order valence-electron chi connectivity index (χ0n) is 10.0. The second-order valence-electron chi connectivity index (χ2n) is 4.27. The van der Waals surface area contributed by atoms with E-state index in [9.17, 15) is 9.59 Å². The van der Waals surface area contributed by atoms with Crippen LogP contribution in [0, 0.1) is 0 Å². The van der Waals surface area contributed by atoms with Crippen LogP contribution in [0.3, 0.4) is 0 Å².